The van der Waals surface area contributed by atoms with Crippen molar-refractivity contribution in [2.75, 3.05) is 13.2 Å². The molecule has 0 N–H and O–H groups in total. The summed E-state index contributed by atoms with van der Waals surface area (Å²) in [4.78, 5) is 6.01. The Balaban J connectivity index is 3.88. The minimum atomic E-state index is -4.45. The van der Waals surface area contributed by atoms with Crippen LogP contribution in [0.4, 0.5) is 31.1 Å². The van der Waals surface area contributed by atoms with Gasteiger partial charge in [-0.1, -0.05) is 0 Å². The van der Waals surface area contributed by atoms with E-state index in [1.54, 1.807) is 0 Å². The van der Waals surface area contributed by atoms with Crippen LogP contribution < -0.4 is 0 Å². The van der Waals surface area contributed by atoms with Gasteiger partial charge in [-0.3, -0.25) is 0 Å². The molecule has 0 aliphatic rings. The smallest absolute Gasteiger partial charge is 0.434 e. The standard InChI is InChI=1S/C7H7BrF6O3/c8-7(13,14)6(11,12)1-2-16-5(15)17-3-4(9)10/h4H,1-3H2. The third kappa shape index (κ3) is 6.59. The molecule has 17 heavy (non-hydrogen) atoms. The van der Waals surface area contributed by atoms with Crippen LogP contribution in [0.3, 0.4) is 0 Å². The SMILES string of the molecule is O=C(OCCC(F)(F)C(F)(F)Br)OCC(F)F. The van der Waals surface area contributed by atoms with Gasteiger partial charge in [0.15, 0.2) is 6.61 Å². The van der Waals surface area contributed by atoms with Gasteiger partial charge >= 0.3 is 16.9 Å². The molecule has 0 aliphatic carbocycles. The molecule has 0 spiro atoms. The molecular weight excluding hydrogens is 326 g/mol. The first-order valence-corrected chi connectivity index (χ1v) is 4.88. The molecule has 0 rings (SSSR count). The lowest BCUT2D eigenvalue weighted by molar-refractivity contribution is -0.157. The normalized spacial score (nSPS) is 12.7. The number of carbonyl (C=O) groups excluding carboxylic acids is 1. The maximum absolute atomic E-state index is 12.5. The van der Waals surface area contributed by atoms with Gasteiger partial charge in [-0.15, -0.1) is 0 Å². The molecule has 0 aromatic rings. The molecule has 0 bridgehead atoms. The van der Waals surface area contributed by atoms with E-state index in [1.165, 1.54) is 15.9 Å². The fourth-order valence-electron chi connectivity index (χ4n) is 0.577. The molecule has 0 aromatic heterocycles. The van der Waals surface area contributed by atoms with Crippen molar-refractivity contribution >= 4 is 22.1 Å². The van der Waals surface area contributed by atoms with Crippen LogP contribution in [-0.2, 0) is 9.47 Å². The maximum atomic E-state index is 12.5. The van der Waals surface area contributed by atoms with Gasteiger partial charge in [0.05, 0.1) is 6.42 Å². The summed E-state index contributed by atoms with van der Waals surface area (Å²) in [7, 11) is 0. The second-order valence-electron chi connectivity index (χ2n) is 2.75. The first-order chi connectivity index (χ1) is 7.56. The van der Waals surface area contributed by atoms with Crippen molar-refractivity contribution in [2.24, 2.45) is 0 Å². The molecule has 102 valence electrons. The summed E-state index contributed by atoms with van der Waals surface area (Å²) in [5, 5.41) is 0. The predicted octanol–water partition coefficient (Wildman–Crippen LogP) is 3.42. The minimum Gasteiger partial charge on any atom is -0.434 e. The van der Waals surface area contributed by atoms with Crippen LogP contribution in [0.15, 0.2) is 0 Å². The second kappa shape index (κ2) is 6.31. The van der Waals surface area contributed by atoms with Gasteiger partial charge in [0.25, 0.3) is 6.43 Å². The van der Waals surface area contributed by atoms with Crippen LogP contribution in [0, 0.1) is 0 Å². The van der Waals surface area contributed by atoms with Gasteiger partial charge in [0, 0.05) is 0 Å². The zero-order valence-corrected chi connectivity index (χ0v) is 9.66. The van der Waals surface area contributed by atoms with Crippen molar-refractivity contribution in [3.05, 3.63) is 0 Å². The number of rotatable bonds is 6. The molecular formula is C7H7BrF6O3. The highest BCUT2D eigenvalue weighted by Crippen LogP contribution is 2.41. The summed E-state index contributed by atoms with van der Waals surface area (Å²) < 4.78 is 80.1. The van der Waals surface area contributed by atoms with Crippen molar-refractivity contribution in [1.29, 1.82) is 0 Å². The van der Waals surface area contributed by atoms with Crippen LogP contribution in [0.25, 0.3) is 0 Å². The van der Waals surface area contributed by atoms with E-state index in [9.17, 15) is 31.1 Å². The quantitative estimate of drug-likeness (QED) is 0.425. The van der Waals surface area contributed by atoms with Crippen LogP contribution >= 0.6 is 15.9 Å². The summed E-state index contributed by atoms with van der Waals surface area (Å²) in [5.41, 5.74) is 0. The van der Waals surface area contributed by atoms with Crippen LogP contribution in [-0.4, -0.2) is 36.5 Å². The van der Waals surface area contributed by atoms with Gasteiger partial charge in [0.2, 0.25) is 0 Å². The van der Waals surface area contributed by atoms with Gasteiger partial charge in [-0.05, 0) is 15.9 Å². The van der Waals surface area contributed by atoms with E-state index in [2.05, 4.69) is 9.47 Å². The molecule has 0 heterocycles. The third-order valence-corrected chi connectivity index (χ3v) is 1.96. The summed E-state index contributed by atoms with van der Waals surface area (Å²) in [6.07, 6.45) is -6.04. The monoisotopic (exact) mass is 332 g/mol. The fraction of sp³-hybridized carbons (Fsp3) is 0.857. The molecule has 0 unspecified atom stereocenters. The number of hydrogen-bond donors (Lipinski definition) is 0. The summed E-state index contributed by atoms with van der Waals surface area (Å²) in [5.74, 6) is -4.43. The number of hydrogen-bond acceptors (Lipinski definition) is 3. The van der Waals surface area contributed by atoms with E-state index in [0.717, 1.165) is 0 Å². The Labute approximate surface area is 100 Å². The van der Waals surface area contributed by atoms with E-state index < -0.39 is 43.0 Å². The zero-order valence-electron chi connectivity index (χ0n) is 8.07. The summed E-state index contributed by atoms with van der Waals surface area (Å²) >= 11 is 1.46. The van der Waals surface area contributed by atoms with Gasteiger partial charge in [0.1, 0.15) is 6.61 Å². The van der Waals surface area contributed by atoms with Crippen molar-refractivity contribution in [2.45, 2.75) is 23.6 Å². The second-order valence-corrected chi connectivity index (χ2v) is 3.75. The molecule has 0 saturated heterocycles. The molecule has 0 saturated carbocycles. The van der Waals surface area contributed by atoms with Gasteiger partial charge < -0.3 is 9.47 Å². The lowest BCUT2D eigenvalue weighted by Crippen LogP contribution is -2.36. The van der Waals surface area contributed by atoms with E-state index in [0.29, 0.717) is 0 Å². The number of carbonyl (C=O) groups is 1. The van der Waals surface area contributed by atoms with Crippen molar-refractivity contribution in [3.63, 3.8) is 0 Å². The molecule has 0 fully saturated rings. The Kier molecular flexibility index (Phi) is 6.06. The first kappa shape index (κ1) is 16.3. The summed E-state index contributed by atoms with van der Waals surface area (Å²) in [6, 6.07) is 0. The first-order valence-electron chi connectivity index (χ1n) is 4.08. The lowest BCUT2D eigenvalue weighted by atomic mass is 10.2. The van der Waals surface area contributed by atoms with Crippen LogP contribution in [0.2, 0.25) is 0 Å². The van der Waals surface area contributed by atoms with E-state index in [-0.39, 0.29) is 0 Å². The van der Waals surface area contributed by atoms with Crippen LogP contribution in [0.5, 0.6) is 0 Å². The Hall–Kier alpha value is -0.670. The highest BCUT2D eigenvalue weighted by Gasteiger charge is 2.53. The molecule has 0 aliphatic heterocycles. The molecule has 0 aromatic carbocycles. The summed E-state index contributed by atoms with van der Waals surface area (Å²) in [6.45, 7) is -2.35. The molecule has 10 heteroatoms. The highest BCUT2D eigenvalue weighted by atomic mass is 79.9. The Morgan fingerprint density at radius 3 is 2.12 bits per heavy atom. The number of halogens is 7. The maximum Gasteiger partial charge on any atom is 0.508 e. The molecule has 0 amide bonds. The van der Waals surface area contributed by atoms with Crippen LogP contribution in [0.1, 0.15) is 6.42 Å². The molecule has 3 nitrogen and oxygen atoms in total. The van der Waals surface area contributed by atoms with Crippen molar-refractivity contribution in [3.8, 4) is 0 Å². The van der Waals surface area contributed by atoms with E-state index in [4.69, 9.17) is 0 Å². The van der Waals surface area contributed by atoms with E-state index in [1.807, 2.05) is 0 Å². The average Bonchev–Trinajstić information content (AvgIpc) is 2.12. The largest absolute Gasteiger partial charge is 0.508 e. The lowest BCUT2D eigenvalue weighted by Gasteiger charge is -2.20. The molecule has 0 atom stereocenters. The molecule has 0 radical (unpaired) electrons. The zero-order chi connectivity index (χ0) is 13.7. The Morgan fingerprint density at radius 1 is 1.18 bits per heavy atom. The highest BCUT2D eigenvalue weighted by molar-refractivity contribution is 9.10. The van der Waals surface area contributed by atoms with Crippen molar-refractivity contribution < 1.29 is 40.6 Å². The average molecular weight is 333 g/mol. The van der Waals surface area contributed by atoms with Crippen molar-refractivity contribution in [1.82, 2.24) is 0 Å². The fourth-order valence-corrected chi connectivity index (χ4v) is 0.775. The Morgan fingerprint density at radius 2 is 1.71 bits per heavy atom. The van der Waals surface area contributed by atoms with Gasteiger partial charge in [-0.25, -0.2) is 13.6 Å². The minimum absolute atomic E-state index is 1.09. The van der Waals surface area contributed by atoms with Gasteiger partial charge in [-0.2, -0.15) is 17.6 Å². The van der Waals surface area contributed by atoms with E-state index >= 15 is 0 Å². The topological polar surface area (TPSA) is 35.5 Å². The third-order valence-electron chi connectivity index (χ3n) is 1.38. The number of ether oxygens (including phenoxy) is 2. The number of alkyl halides is 7. The Bertz CT molecular complexity index is 254. The predicted molar refractivity (Wildman–Crippen MR) is 46.7 cm³/mol.